The van der Waals surface area contributed by atoms with Crippen molar-refractivity contribution in [2.75, 3.05) is 6.54 Å². The van der Waals surface area contributed by atoms with Gasteiger partial charge in [-0.25, -0.2) is 9.29 Å². The van der Waals surface area contributed by atoms with E-state index < -0.39 is 26.0 Å². The van der Waals surface area contributed by atoms with Gasteiger partial charge in [-0.1, -0.05) is 12.5 Å². The Morgan fingerprint density at radius 2 is 2.04 bits per heavy atom. The number of non-ortho nitro benzene ring substituents is 1. The molecule has 0 radical (unpaired) electrons. The summed E-state index contributed by atoms with van der Waals surface area (Å²) in [6.45, 7) is 0.0975. The zero-order chi connectivity index (χ0) is 16.6. The number of rotatable bonds is 3. The molecule has 1 N–H and O–H groups in total. The van der Waals surface area contributed by atoms with E-state index in [4.69, 9.17) is 0 Å². The number of benzene rings is 1. The summed E-state index contributed by atoms with van der Waals surface area (Å²) < 4.78 is 26.1. The van der Waals surface area contributed by atoms with Crippen LogP contribution in [0.4, 0.5) is 5.69 Å². The number of para-hydroxylation sites is 1. The Bertz CT molecular complexity index is 889. The van der Waals surface area contributed by atoms with E-state index in [1.807, 2.05) is 0 Å². The van der Waals surface area contributed by atoms with Crippen LogP contribution in [0, 0.1) is 10.1 Å². The van der Waals surface area contributed by atoms with Gasteiger partial charge in [-0.15, -0.1) is 0 Å². The smallest absolute Gasteiger partial charge is 0.300 e. The molecular formula is C13H14N4O5S. The summed E-state index contributed by atoms with van der Waals surface area (Å²) in [7, 11) is -4.14. The zero-order valence-corrected chi connectivity index (χ0v) is 12.9. The number of nitro groups is 1. The molecule has 0 bridgehead atoms. The molecule has 1 aromatic heterocycles. The lowest BCUT2D eigenvalue weighted by atomic mass is 10.2. The van der Waals surface area contributed by atoms with E-state index in [9.17, 15) is 23.3 Å². The predicted octanol–water partition coefficient (Wildman–Crippen LogP) is 1.56. The number of carbonyl (C=O) groups excluding carboxylic acids is 1. The second kappa shape index (κ2) is 5.61. The highest BCUT2D eigenvalue weighted by Gasteiger charge is 2.33. The lowest BCUT2D eigenvalue weighted by molar-refractivity contribution is -0.383. The maximum absolute atomic E-state index is 12.6. The van der Waals surface area contributed by atoms with Crippen LogP contribution in [0.3, 0.4) is 0 Å². The Kier molecular flexibility index (Phi) is 3.76. The molecule has 1 aliphatic heterocycles. The van der Waals surface area contributed by atoms with E-state index in [0.717, 1.165) is 10.7 Å². The van der Waals surface area contributed by atoms with Gasteiger partial charge in [0.2, 0.25) is 11.1 Å². The number of aromatic nitrogens is 2. The number of H-pyrrole nitrogens is 1. The van der Waals surface area contributed by atoms with E-state index in [-0.39, 0.29) is 29.7 Å². The minimum absolute atomic E-state index is 0.0432. The van der Waals surface area contributed by atoms with Crippen molar-refractivity contribution >= 4 is 32.7 Å². The van der Waals surface area contributed by atoms with E-state index in [0.29, 0.717) is 12.8 Å². The van der Waals surface area contributed by atoms with E-state index in [1.165, 1.54) is 18.2 Å². The molecule has 122 valence electrons. The van der Waals surface area contributed by atoms with E-state index >= 15 is 0 Å². The number of hydrogen-bond donors (Lipinski definition) is 1. The SMILES string of the molecule is O=C1CCCCCN1S(=O)(=O)c1nc2c([N+](=O)[O-])cccc2[nH]1. The van der Waals surface area contributed by atoms with Gasteiger partial charge in [0, 0.05) is 19.0 Å². The summed E-state index contributed by atoms with van der Waals surface area (Å²) in [6, 6.07) is 4.18. The number of nitrogens with one attached hydrogen (secondary N) is 1. The molecule has 0 unspecified atom stereocenters. The molecule has 10 heteroatoms. The first-order valence-electron chi connectivity index (χ1n) is 7.10. The van der Waals surface area contributed by atoms with Crippen molar-refractivity contribution in [2.45, 2.75) is 30.8 Å². The predicted molar refractivity (Wildman–Crippen MR) is 80.1 cm³/mol. The van der Waals surface area contributed by atoms with Crippen LogP contribution in [0.25, 0.3) is 11.0 Å². The van der Waals surface area contributed by atoms with Crippen LogP contribution < -0.4 is 0 Å². The fourth-order valence-electron chi connectivity index (χ4n) is 2.58. The fraction of sp³-hybridized carbons (Fsp3) is 0.385. The summed E-state index contributed by atoms with van der Waals surface area (Å²) in [6.07, 6.45) is 2.19. The van der Waals surface area contributed by atoms with Crippen LogP contribution in [0.15, 0.2) is 23.4 Å². The van der Waals surface area contributed by atoms with Gasteiger partial charge in [0.1, 0.15) is 0 Å². The van der Waals surface area contributed by atoms with Gasteiger partial charge >= 0.3 is 0 Å². The molecule has 9 nitrogen and oxygen atoms in total. The average molecular weight is 338 g/mol. The normalized spacial score (nSPS) is 16.5. The Hall–Kier alpha value is -2.49. The molecule has 1 saturated heterocycles. The molecule has 23 heavy (non-hydrogen) atoms. The first-order chi connectivity index (χ1) is 10.9. The van der Waals surface area contributed by atoms with Crippen LogP contribution in [0.1, 0.15) is 25.7 Å². The second-order valence-corrected chi connectivity index (χ2v) is 7.03. The average Bonchev–Trinajstić information content (AvgIpc) is 2.83. The monoisotopic (exact) mass is 338 g/mol. The number of carbonyl (C=O) groups is 1. The number of sulfonamides is 1. The Balaban J connectivity index is 2.10. The first-order valence-corrected chi connectivity index (χ1v) is 8.54. The highest BCUT2D eigenvalue weighted by molar-refractivity contribution is 7.89. The van der Waals surface area contributed by atoms with E-state index in [2.05, 4.69) is 9.97 Å². The number of fused-ring (bicyclic) bond motifs is 1. The van der Waals surface area contributed by atoms with Crippen LogP contribution >= 0.6 is 0 Å². The van der Waals surface area contributed by atoms with Crippen molar-refractivity contribution in [3.05, 3.63) is 28.3 Å². The number of hydrogen-bond acceptors (Lipinski definition) is 6. The third-order valence-electron chi connectivity index (χ3n) is 3.73. The molecule has 0 spiro atoms. The number of amides is 1. The molecule has 1 aromatic carbocycles. The third-order valence-corrected chi connectivity index (χ3v) is 5.38. The lowest BCUT2D eigenvalue weighted by Gasteiger charge is -2.18. The summed E-state index contributed by atoms with van der Waals surface area (Å²) in [5.74, 6) is -0.475. The molecule has 0 atom stereocenters. The first kappa shape index (κ1) is 15.4. The molecule has 1 fully saturated rings. The lowest BCUT2D eigenvalue weighted by Crippen LogP contribution is -2.36. The van der Waals surface area contributed by atoms with E-state index in [1.54, 1.807) is 0 Å². The van der Waals surface area contributed by atoms with Gasteiger partial charge in [0.05, 0.1) is 10.4 Å². The van der Waals surface area contributed by atoms with Crippen molar-refractivity contribution in [3.8, 4) is 0 Å². The van der Waals surface area contributed by atoms with Crippen LogP contribution in [0.2, 0.25) is 0 Å². The molecule has 1 aliphatic rings. The molecule has 2 heterocycles. The van der Waals surface area contributed by atoms with Crippen LogP contribution in [-0.2, 0) is 14.8 Å². The van der Waals surface area contributed by atoms with Crippen molar-refractivity contribution in [1.82, 2.24) is 14.3 Å². The highest BCUT2D eigenvalue weighted by atomic mass is 32.2. The third kappa shape index (κ3) is 2.65. The molecule has 2 aromatic rings. The topological polar surface area (TPSA) is 126 Å². The van der Waals surface area contributed by atoms with Gasteiger partial charge in [0.15, 0.2) is 5.52 Å². The standard InChI is InChI=1S/C13H14N4O5S/c18-11-7-2-1-3-8-16(11)23(21,22)13-14-9-5-4-6-10(17(19)20)12(9)15-13/h4-6H,1-3,7-8H2,(H,14,15). The van der Waals surface area contributed by atoms with Gasteiger partial charge in [-0.2, -0.15) is 8.42 Å². The number of nitrogens with zero attached hydrogens (tertiary/aromatic N) is 3. The Labute approximate surface area is 131 Å². The van der Waals surface area contributed by atoms with Crippen molar-refractivity contribution in [3.63, 3.8) is 0 Å². The number of nitro benzene ring substituents is 1. The minimum Gasteiger partial charge on any atom is -0.327 e. The maximum Gasteiger partial charge on any atom is 0.300 e. The quantitative estimate of drug-likeness (QED) is 0.668. The molecule has 3 rings (SSSR count). The van der Waals surface area contributed by atoms with Crippen LogP contribution in [0.5, 0.6) is 0 Å². The maximum atomic E-state index is 12.6. The molecule has 1 amide bonds. The Morgan fingerprint density at radius 3 is 2.78 bits per heavy atom. The van der Waals surface area contributed by atoms with Gasteiger partial charge in [-0.3, -0.25) is 14.9 Å². The van der Waals surface area contributed by atoms with Crippen molar-refractivity contribution < 1.29 is 18.1 Å². The number of aromatic amines is 1. The summed E-state index contributed by atoms with van der Waals surface area (Å²) in [4.78, 5) is 28.8. The van der Waals surface area contributed by atoms with Crippen molar-refractivity contribution in [1.29, 1.82) is 0 Å². The van der Waals surface area contributed by atoms with Gasteiger partial charge < -0.3 is 4.98 Å². The zero-order valence-electron chi connectivity index (χ0n) is 12.1. The summed E-state index contributed by atoms with van der Waals surface area (Å²) >= 11 is 0. The van der Waals surface area contributed by atoms with Gasteiger partial charge in [-0.05, 0) is 18.9 Å². The number of imidazole rings is 1. The molecule has 0 saturated carbocycles. The van der Waals surface area contributed by atoms with Gasteiger partial charge in [0.25, 0.3) is 15.7 Å². The van der Waals surface area contributed by atoms with Crippen LogP contribution in [-0.4, -0.2) is 40.1 Å². The van der Waals surface area contributed by atoms with Crippen molar-refractivity contribution in [2.24, 2.45) is 0 Å². The largest absolute Gasteiger partial charge is 0.327 e. The molecule has 0 aliphatic carbocycles. The minimum atomic E-state index is -4.14. The summed E-state index contributed by atoms with van der Waals surface area (Å²) in [5, 5.41) is 10.6. The molecular weight excluding hydrogens is 324 g/mol. The fourth-order valence-corrected chi connectivity index (χ4v) is 3.96. The Morgan fingerprint density at radius 1 is 1.26 bits per heavy atom. The summed E-state index contributed by atoms with van der Waals surface area (Å²) in [5.41, 5.74) is -0.0965. The second-order valence-electron chi connectivity index (χ2n) is 5.25. The highest BCUT2D eigenvalue weighted by Crippen LogP contribution is 2.26.